The highest BCUT2D eigenvalue weighted by Crippen LogP contribution is 2.41. The summed E-state index contributed by atoms with van der Waals surface area (Å²) in [5.74, 6) is 0.0488. The van der Waals surface area contributed by atoms with E-state index in [0.29, 0.717) is 0 Å². The Hall–Kier alpha value is -1.66. The van der Waals surface area contributed by atoms with Gasteiger partial charge in [-0.1, -0.05) is 0 Å². The predicted molar refractivity (Wildman–Crippen MR) is 101 cm³/mol. The fourth-order valence-electron chi connectivity index (χ4n) is 4.68. The summed E-state index contributed by atoms with van der Waals surface area (Å²) in [6.07, 6.45) is 5.85. The molecule has 0 radical (unpaired) electrons. The van der Waals surface area contributed by atoms with Crippen LogP contribution in [0.25, 0.3) is 0 Å². The smallest absolute Gasteiger partial charge is 0.312 e. The van der Waals surface area contributed by atoms with Gasteiger partial charge >= 0.3 is 5.97 Å². The van der Waals surface area contributed by atoms with Gasteiger partial charge in [-0.3, -0.25) is 14.7 Å². The van der Waals surface area contributed by atoms with Gasteiger partial charge in [0.25, 0.3) is 0 Å². The van der Waals surface area contributed by atoms with E-state index < -0.39 is 0 Å². The maximum atomic E-state index is 12.5. The van der Waals surface area contributed by atoms with Gasteiger partial charge in [0.2, 0.25) is 0 Å². The highest BCUT2D eigenvalue weighted by atomic mass is 16.6. The lowest BCUT2D eigenvalue weighted by molar-refractivity contribution is -0.150. The molecular formula is C20H30N4O2. The summed E-state index contributed by atoms with van der Waals surface area (Å²) in [5, 5.41) is 3.36. The number of cyclic esters (lactones) is 1. The number of aryl methyl sites for hydroxylation is 1. The van der Waals surface area contributed by atoms with E-state index in [1.54, 1.807) is 0 Å². The van der Waals surface area contributed by atoms with Crippen molar-refractivity contribution in [3.8, 4) is 0 Å². The molecule has 4 heterocycles. The summed E-state index contributed by atoms with van der Waals surface area (Å²) in [5.41, 5.74) is 2.12. The van der Waals surface area contributed by atoms with E-state index in [1.807, 2.05) is 13.1 Å². The molecule has 1 N–H and O–H groups in total. The summed E-state index contributed by atoms with van der Waals surface area (Å²) in [6.45, 7) is 8.97. The van der Waals surface area contributed by atoms with Gasteiger partial charge in [-0.15, -0.1) is 0 Å². The highest BCUT2D eigenvalue weighted by Gasteiger charge is 2.49. The molecule has 4 rings (SSSR count). The Bertz CT molecular complexity index is 644. The topological polar surface area (TPSA) is 57.7 Å². The molecule has 0 aliphatic carbocycles. The zero-order chi connectivity index (χ0) is 18.0. The van der Waals surface area contributed by atoms with Crippen LogP contribution in [0, 0.1) is 12.3 Å². The Morgan fingerprint density at radius 2 is 2.12 bits per heavy atom. The Morgan fingerprint density at radius 3 is 2.92 bits per heavy atom. The molecule has 6 nitrogen and oxygen atoms in total. The molecule has 3 aliphatic rings. The Balaban J connectivity index is 1.33. The lowest BCUT2D eigenvalue weighted by atomic mass is 9.76. The number of carbonyl (C=O) groups excluding carboxylic acids is 1. The first-order valence-electron chi connectivity index (χ1n) is 9.96. The molecular weight excluding hydrogens is 328 g/mol. The minimum absolute atomic E-state index is 0.0488. The van der Waals surface area contributed by atoms with E-state index in [1.165, 1.54) is 5.69 Å². The van der Waals surface area contributed by atoms with Crippen LogP contribution in [0.1, 0.15) is 31.4 Å². The molecule has 1 aromatic heterocycles. The van der Waals surface area contributed by atoms with Crippen molar-refractivity contribution in [3.05, 3.63) is 24.0 Å². The number of hydrogen-bond acceptors (Lipinski definition) is 6. The second-order valence-corrected chi connectivity index (χ2v) is 8.06. The third kappa shape index (κ3) is 3.71. The zero-order valence-corrected chi connectivity index (χ0v) is 15.7. The van der Waals surface area contributed by atoms with Gasteiger partial charge in [0, 0.05) is 56.7 Å². The van der Waals surface area contributed by atoms with Gasteiger partial charge < -0.3 is 15.0 Å². The molecule has 6 heteroatoms. The van der Waals surface area contributed by atoms with Crippen molar-refractivity contribution >= 4 is 11.7 Å². The first-order valence-corrected chi connectivity index (χ1v) is 9.96. The number of nitrogens with one attached hydrogen (secondary N) is 1. The van der Waals surface area contributed by atoms with E-state index in [9.17, 15) is 4.79 Å². The Kier molecular flexibility index (Phi) is 5.14. The van der Waals surface area contributed by atoms with E-state index in [-0.39, 0.29) is 17.5 Å². The first kappa shape index (κ1) is 17.7. The average molecular weight is 358 g/mol. The minimum Gasteiger partial charge on any atom is -0.461 e. The van der Waals surface area contributed by atoms with E-state index in [0.717, 1.165) is 77.2 Å². The normalized spacial score (nSPS) is 26.7. The fourth-order valence-corrected chi connectivity index (χ4v) is 4.68. The van der Waals surface area contributed by atoms with Gasteiger partial charge in [-0.2, -0.15) is 0 Å². The number of hydrogen-bond donors (Lipinski definition) is 1. The van der Waals surface area contributed by atoms with Crippen LogP contribution in [0.5, 0.6) is 0 Å². The molecule has 1 atom stereocenters. The maximum absolute atomic E-state index is 12.5. The lowest BCUT2D eigenvalue weighted by Gasteiger charge is -2.29. The van der Waals surface area contributed by atoms with Crippen molar-refractivity contribution < 1.29 is 9.53 Å². The second-order valence-electron chi connectivity index (χ2n) is 8.06. The van der Waals surface area contributed by atoms with Crippen LogP contribution in [-0.4, -0.2) is 67.8 Å². The zero-order valence-electron chi connectivity index (χ0n) is 15.7. The van der Waals surface area contributed by atoms with Gasteiger partial charge in [-0.05, 0) is 51.4 Å². The SMILES string of the molecule is Cc1cc(N2CCCN(CC3CC4(CCNCC4)C(=O)O3)CC2)ccn1. The van der Waals surface area contributed by atoms with Crippen LogP contribution < -0.4 is 10.2 Å². The molecule has 0 bridgehead atoms. The molecule has 1 aromatic rings. The maximum Gasteiger partial charge on any atom is 0.312 e. The molecule has 0 saturated carbocycles. The number of rotatable bonds is 3. The summed E-state index contributed by atoms with van der Waals surface area (Å²) < 4.78 is 5.80. The number of pyridine rings is 1. The molecule has 3 aliphatic heterocycles. The average Bonchev–Trinajstić information content (AvgIpc) is 2.81. The predicted octanol–water partition coefficient (Wildman–Crippen LogP) is 1.59. The molecule has 3 fully saturated rings. The number of ether oxygens (including phenoxy) is 1. The summed E-state index contributed by atoms with van der Waals surface area (Å²) in [4.78, 5) is 21.7. The van der Waals surface area contributed by atoms with Crippen LogP contribution >= 0.6 is 0 Å². The van der Waals surface area contributed by atoms with Crippen LogP contribution in [-0.2, 0) is 9.53 Å². The lowest BCUT2D eigenvalue weighted by Crippen LogP contribution is -2.40. The van der Waals surface area contributed by atoms with E-state index in [4.69, 9.17) is 4.74 Å². The van der Waals surface area contributed by atoms with Crippen molar-refractivity contribution in [1.82, 2.24) is 15.2 Å². The van der Waals surface area contributed by atoms with E-state index >= 15 is 0 Å². The molecule has 142 valence electrons. The highest BCUT2D eigenvalue weighted by molar-refractivity contribution is 5.79. The van der Waals surface area contributed by atoms with Crippen LogP contribution in [0.15, 0.2) is 18.3 Å². The Labute approximate surface area is 155 Å². The molecule has 26 heavy (non-hydrogen) atoms. The third-order valence-corrected chi connectivity index (χ3v) is 6.18. The summed E-state index contributed by atoms with van der Waals surface area (Å²) in [7, 11) is 0. The Morgan fingerprint density at radius 1 is 1.27 bits per heavy atom. The monoisotopic (exact) mass is 358 g/mol. The standard InChI is InChI=1S/C20H30N4O2/c1-16-13-17(3-6-22-16)24-10-2-9-23(11-12-24)15-18-14-20(19(25)26-18)4-7-21-8-5-20/h3,6,13,18,21H,2,4-5,7-12,14-15H2,1H3. The molecule has 1 unspecified atom stereocenters. The largest absolute Gasteiger partial charge is 0.461 e. The van der Waals surface area contributed by atoms with Crippen LogP contribution in [0.2, 0.25) is 0 Å². The molecule has 0 amide bonds. The van der Waals surface area contributed by atoms with E-state index in [2.05, 4.69) is 32.2 Å². The number of esters is 1. The minimum atomic E-state index is -0.206. The molecule has 3 saturated heterocycles. The van der Waals surface area contributed by atoms with Gasteiger partial charge in [0.05, 0.1) is 5.41 Å². The van der Waals surface area contributed by atoms with Crippen molar-refractivity contribution in [3.63, 3.8) is 0 Å². The number of anilines is 1. The number of piperidine rings is 1. The molecule has 0 aromatic carbocycles. The fraction of sp³-hybridized carbons (Fsp3) is 0.700. The van der Waals surface area contributed by atoms with Crippen molar-refractivity contribution in [2.45, 2.75) is 38.7 Å². The van der Waals surface area contributed by atoms with Crippen molar-refractivity contribution in [1.29, 1.82) is 0 Å². The number of carbonyl (C=O) groups is 1. The van der Waals surface area contributed by atoms with Gasteiger partial charge in [0.15, 0.2) is 0 Å². The van der Waals surface area contributed by atoms with Gasteiger partial charge in [0.1, 0.15) is 6.10 Å². The quantitative estimate of drug-likeness (QED) is 0.828. The van der Waals surface area contributed by atoms with Crippen LogP contribution in [0.3, 0.4) is 0 Å². The summed E-state index contributed by atoms with van der Waals surface area (Å²) in [6, 6.07) is 4.26. The van der Waals surface area contributed by atoms with Crippen molar-refractivity contribution in [2.24, 2.45) is 5.41 Å². The first-order chi connectivity index (χ1) is 12.6. The molecule has 1 spiro atoms. The van der Waals surface area contributed by atoms with Gasteiger partial charge in [-0.25, -0.2) is 0 Å². The van der Waals surface area contributed by atoms with Crippen molar-refractivity contribution in [2.75, 3.05) is 50.7 Å². The number of nitrogens with zero attached hydrogens (tertiary/aromatic N) is 3. The third-order valence-electron chi connectivity index (χ3n) is 6.18. The number of aromatic nitrogens is 1. The summed E-state index contributed by atoms with van der Waals surface area (Å²) >= 11 is 0. The second kappa shape index (κ2) is 7.53. The van der Waals surface area contributed by atoms with Crippen LogP contribution in [0.4, 0.5) is 5.69 Å².